The number of aromatic nitrogens is 1. The Labute approximate surface area is 135 Å². The molecule has 1 aromatic heterocycles. The summed E-state index contributed by atoms with van der Waals surface area (Å²) in [6.07, 6.45) is 1.95. The van der Waals surface area contributed by atoms with Gasteiger partial charge < -0.3 is 5.21 Å². The molecule has 0 aliphatic carbocycles. The lowest BCUT2D eigenvalue weighted by Gasteiger charge is -2.19. The summed E-state index contributed by atoms with van der Waals surface area (Å²) in [5, 5.41) is 11.4. The molecule has 0 aromatic carbocycles. The molecule has 0 radical (unpaired) electrons. The average molecular weight is 366 g/mol. The number of rotatable bonds is 5. The van der Waals surface area contributed by atoms with Crippen LogP contribution in [-0.4, -0.2) is 52.5 Å². The van der Waals surface area contributed by atoms with Gasteiger partial charge in [-0.2, -0.15) is 16.8 Å². The van der Waals surface area contributed by atoms with E-state index in [0.29, 0.717) is 4.74 Å². The van der Waals surface area contributed by atoms with Crippen LogP contribution in [0, 0.1) is 5.21 Å². The molecule has 1 heterocycles. The van der Waals surface area contributed by atoms with Crippen LogP contribution >= 0.6 is 0 Å². The summed E-state index contributed by atoms with van der Waals surface area (Å²) in [6, 6.07) is 0.778. The minimum Gasteiger partial charge on any atom is -0.623 e. The topological polar surface area (TPSA) is 126 Å². The second-order valence-corrected chi connectivity index (χ2v) is 8.77. The predicted molar refractivity (Wildman–Crippen MR) is 81.2 cm³/mol. The van der Waals surface area contributed by atoms with Crippen molar-refractivity contribution in [3.63, 3.8) is 0 Å². The van der Waals surface area contributed by atoms with Gasteiger partial charge >= 0.3 is 10.1 Å². The van der Waals surface area contributed by atoms with Crippen LogP contribution in [0.25, 0.3) is 0 Å². The molecule has 11 heteroatoms. The van der Waals surface area contributed by atoms with Gasteiger partial charge in [0.05, 0.1) is 19.8 Å². The van der Waals surface area contributed by atoms with E-state index < -0.39 is 35.7 Å². The maximum Gasteiger partial charge on any atom is 0.314 e. The molecule has 0 aliphatic rings. The van der Waals surface area contributed by atoms with E-state index in [2.05, 4.69) is 13.4 Å². The van der Waals surface area contributed by atoms with Gasteiger partial charge in [0.15, 0.2) is 16.8 Å². The van der Waals surface area contributed by atoms with Crippen LogP contribution in [-0.2, 0) is 28.6 Å². The van der Waals surface area contributed by atoms with Crippen molar-refractivity contribution in [2.75, 3.05) is 14.2 Å². The molecule has 0 aliphatic heterocycles. The van der Waals surface area contributed by atoms with Crippen molar-refractivity contribution in [2.45, 2.75) is 36.2 Å². The summed E-state index contributed by atoms with van der Waals surface area (Å²) in [5.41, 5.74) is -0.933. The van der Waals surface area contributed by atoms with Crippen molar-refractivity contribution >= 4 is 26.5 Å². The van der Waals surface area contributed by atoms with Crippen molar-refractivity contribution in [3.8, 4) is 0 Å². The molecule has 0 saturated heterocycles. The molecule has 0 unspecified atom stereocenters. The van der Waals surface area contributed by atoms with E-state index in [1.54, 1.807) is 20.8 Å². The lowest BCUT2D eigenvalue weighted by Crippen LogP contribution is -2.29. The molecular formula is C12H18N2O7S2. The van der Waals surface area contributed by atoms with E-state index >= 15 is 0 Å². The van der Waals surface area contributed by atoms with Crippen LogP contribution in [0.2, 0.25) is 0 Å². The normalized spacial score (nSPS) is 14.0. The summed E-state index contributed by atoms with van der Waals surface area (Å²) in [6.45, 7) is 4.87. The van der Waals surface area contributed by atoms with Gasteiger partial charge in [0.25, 0.3) is 10.1 Å². The number of pyridine rings is 1. The maximum absolute atomic E-state index is 12.0. The minimum absolute atomic E-state index is 0.105. The van der Waals surface area contributed by atoms with E-state index in [-0.39, 0.29) is 5.56 Å². The lowest BCUT2D eigenvalue weighted by molar-refractivity contribution is -0.530. The summed E-state index contributed by atoms with van der Waals surface area (Å²) < 4.78 is 56.5. The molecule has 0 N–H and O–H groups in total. The average Bonchev–Trinajstić information content (AvgIpc) is 2.46. The van der Waals surface area contributed by atoms with Gasteiger partial charge in [0, 0.05) is 27.0 Å². The summed E-state index contributed by atoms with van der Waals surface area (Å²) in [7, 11) is -6.63. The maximum atomic E-state index is 12.0. The van der Waals surface area contributed by atoms with E-state index in [0.717, 1.165) is 32.7 Å². The highest BCUT2D eigenvalue weighted by Gasteiger charge is 2.26. The first-order chi connectivity index (χ1) is 10.3. The van der Waals surface area contributed by atoms with Gasteiger partial charge in [-0.1, -0.05) is 0 Å². The first-order valence-corrected chi connectivity index (χ1v) is 9.09. The number of hydrogen-bond acceptors (Lipinski definition) is 8. The fourth-order valence-electron chi connectivity index (χ4n) is 1.37. The smallest absolute Gasteiger partial charge is 0.314 e. The largest absolute Gasteiger partial charge is 0.623 e. The molecule has 1 aromatic rings. The Morgan fingerprint density at radius 2 is 1.65 bits per heavy atom. The molecule has 0 saturated carbocycles. The molecule has 0 atom stereocenters. The molecule has 130 valence electrons. The highest BCUT2D eigenvalue weighted by atomic mass is 32.2. The zero-order chi connectivity index (χ0) is 18.1. The lowest BCUT2D eigenvalue weighted by atomic mass is 10.1. The van der Waals surface area contributed by atoms with Crippen LogP contribution < -0.4 is 0 Å². The minimum atomic E-state index is -4.27. The van der Waals surface area contributed by atoms with Crippen LogP contribution in [0.5, 0.6) is 0 Å². The highest BCUT2D eigenvalue weighted by Crippen LogP contribution is 2.20. The molecule has 23 heavy (non-hydrogen) atoms. The highest BCUT2D eigenvalue weighted by molar-refractivity contribution is 7.87. The van der Waals surface area contributed by atoms with E-state index in [1.165, 1.54) is 0 Å². The number of hydrogen-bond donors (Lipinski definition) is 0. The summed E-state index contributed by atoms with van der Waals surface area (Å²) in [4.78, 5) is 3.13. The Morgan fingerprint density at radius 3 is 2.09 bits per heavy atom. The third-order valence-electron chi connectivity index (χ3n) is 2.75. The van der Waals surface area contributed by atoms with Crippen molar-refractivity contribution in [2.24, 2.45) is 0 Å². The van der Waals surface area contributed by atoms with Crippen LogP contribution in [0.4, 0.5) is 0 Å². The first-order valence-electron chi connectivity index (χ1n) is 6.28. The second kappa shape index (κ2) is 6.51. The van der Waals surface area contributed by atoms with E-state index in [9.17, 15) is 22.0 Å². The van der Waals surface area contributed by atoms with Gasteiger partial charge in [-0.25, -0.2) is 9.72 Å². The number of nitrogens with zero attached hydrogens (tertiary/aromatic N) is 2. The fraction of sp³-hybridized carbons (Fsp3) is 0.500. The van der Waals surface area contributed by atoms with E-state index in [4.69, 9.17) is 0 Å². The summed E-state index contributed by atoms with van der Waals surface area (Å²) in [5.74, 6) is 0. The van der Waals surface area contributed by atoms with Crippen molar-refractivity contribution in [1.29, 1.82) is 0 Å². The Hall–Kier alpha value is -1.56. The van der Waals surface area contributed by atoms with E-state index in [1.807, 2.05) is 0 Å². The van der Waals surface area contributed by atoms with Gasteiger partial charge in [-0.15, -0.1) is 0 Å². The summed E-state index contributed by atoms with van der Waals surface area (Å²) >= 11 is 0. The Balaban J connectivity index is 3.68. The number of hydroxylamine groups is 1. The molecule has 0 amide bonds. The van der Waals surface area contributed by atoms with Crippen molar-refractivity contribution < 1.29 is 29.9 Å². The van der Waals surface area contributed by atoms with Crippen LogP contribution in [0.15, 0.2) is 22.2 Å². The second-order valence-electron chi connectivity index (χ2n) is 5.43. The van der Waals surface area contributed by atoms with Crippen LogP contribution in [0.1, 0.15) is 26.3 Å². The molecule has 0 fully saturated rings. The fourth-order valence-corrected chi connectivity index (χ4v) is 2.89. The zero-order valence-corrected chi connectivity index (χ0v) is 14.9. The quantitative estimate of drug-likeness (QED) is 0.242. The Kier molecular flexibility index (Phi) is 5.52. The van der Waals surface area contributed by atoms with Gasteiger partial charge in [-0.05, 0) is 6.07 Å². The molecule has 0 bridgehead atoms. The zero-order valence-electron chi connectivity index (χ0n) is 13.3. The molecule has 9 nitrogen and oxygen atoms in total. The SMILES string of the molecule is COS(=O)(=O)c1cc(S(=O)(=O)OC)c(C=[N+]([O-])C(C)(C)C)cn1. The molecule has 1 rings (SSSR count). The van der Waals surface area contributed by atoms with Crippen molar-refractivity contribution in [3.05, 3.63) is 23.0 Å². The standard InChI is InChI=1S/C12H18N2O7S2/c1-12(2,3)14(15)8-9-7-13-11(23(18,19)21-5)6-10(9)22(16,17)20-4/h6-8H,1-5H3. The third kappa shape index (κ3) is 4.47. The molecular weight excluding hydrogens is 348 g/mol. The first kappa shape index (κ1) is 19.5. The van der Waals surface area contributed by atoms with Gasteiger partial charge in [0.2, 0.25) is 0 Å². The monoisotopic (exact) mass is 366 g/mol. The third-order valence-corrected chi connectivity index (χ3v) is 5.26. The Bertz CT molecular complexity index is 821. The van der Waals surface area contributed by atoms with Crippen LogP contribution in [0.3, 0.4) is 0 Å². The van der Waals surface area contributed by atoms with Gasteiger partial charge in [-0.3, -0.25) is 8.37 Å². The predicted octanol–water partition coefficient (Wildman–Crippen LogP) is 0.480. The Morgan fingerprint density at radius 1 is 1.13 bits per heavy atom. The van der Waals surface area contributed by atoms with Gasteiger partial charge in [0.1, 0.15) is 4.90 Å². The van der Waals surface area contributed by atoms with Crippen molar-refractivity contribution in [1.82, 2.24) is 4.98 Å². The molecule has 0 spiro atoms.